The number of nitrogens with zero attached hydrogens (tertiary/aromatic N) is 1. The van der Waals surface area contributed by atoms with Crippen molar-refractivity contribution < 1.29 is 13.2 Å². The highest BCUT2D eigenvalue weighted by atomic mass is 35.5. The average molecular weight is 310 g/mol. The third-order valence-corrected chi connectivity index (χ3v) is 6.38. The van der Waals surface area contributed by atoms with E-state index >= 15 is 0 Å². The maximum absolute atomic E-state index is 12.4. The molecule has 4 nitrogen and oxygen atoms in total. The Labute approximate surface area is 117 Å². The molecule has 0 aliphatic carbocycles. The van der Waals surface area contributed by atoms with Gasteiger partial charge in [0.15, 0.2) is 0 Å². The molecular weight excluding hydrogens is 294 g/mol. The number of hydrogen-bond donors (Lipinski definition) is 0. The molecule has 7 heteroatoms. The molecule has 2 rings (SSSR count). The van der Waals surface area contributed by atoms with Gasteiger partial charge in [0.2, 0.25) is 10.0 Å². The van der Waals surface area contributed by atoms with Gasteiger partial charge >= 0.3 is 0 Å². The van der Waals surface area contributed by atoms with E-state index < -0.39 is 10.0 Å². The summed E-state index contributed by atoms with van der Waals surface area (Å²) < 4.78 is 31.6. The van der Waals surface area contributed by atoms with Crippen molar-refractivity contribution in [1.29, 1.82) is 0 Å². The standard InChI is InChI=1S/C11H16ClNO3S2/c1-13(8-9-3-2-5-16-9)18(14,15)11-4-6-17-10(11)7-12/h4,6,9H,2-3,5,7-8H2,1H3. The summed E-state index contributed by atoms with van der Waals surface area (Å²) in [5, 5.41) is 1.75. The van der Waals surface area contributed by atoms with Crippen molar-refractivity contribution in [1.82, 2.24) is 4.31 Å². The van der Waals surface area contributed by atoms with Crippen LogP contribution in [-0.2, 0) is 20.6 Å². The van der Waals surface area contributed by atoms with Gasteiger partial charge in [-0.15, -0.1) is 22.9 Å². The molecule has 2 heterocycles. The molecule has 102 valence electrons. The predicted molar refractivity (Wildman–Crippen MR) is 72.7 cm³/mol. The van der Waals surface area contributed by atoms with E-state index in [1.54, 1.807) is 18.5 Å². The van der Waals surface area contributed by atoms with Gasteiger partial charge in [-0.25, -0.2) is 8.42 Å². The topological polar surface area (TPSA) is 46.6 Å². The SMILES string of the molecule is CN(CC1CCCO1)S(=O)(=O)c1ccsc1CCl. The van der Waals surface area contributed by atoms with Crippen LogP contribution in [0.1, 0.15) is 17.7 Å². The van der Waals surface area contributed by atoms with Crippen molar-refractivity contribution in [3.63, 3.8) is 0 Å². The van der Waals surface area contributed by atoms with Crippen molar-refractivity contribution in [2.45, 2.75) is 29.7 Å². The van der Waals surface area contributed by atoms with Crippen LogP contribution in [0.5, 0.6) is 0 Å². The first-order valence-corrected chi connectivity index (χ1v) is 8.61. The fraction of sp³-hybridized carbons (Fsp3) is 0.636. The summed E-state index contributed by atoms with van der Waals surface area (Å²) in [4.78, 5) is 1.01. The van der Waals surface area contributed by atoms with Crippen LogP contribution in [0, 0.1) is 0 Å². The quantitative estimate of drug-likeness (QED) is 0.784. The minimum absolute atomic E-state index is 0.0165. The monoisotopic (exact) mass is 309 g/mol. The molecule has 1 atom stereocenters. The number of sulfonamides is 1. The Hall–Kier alpha value is -0.140. The number of rotatable bonds is 5. The molecule has 0 aromatic carbocycles. The summed E-state index contributed by atoms with van der Waals surface area (Å²) in [5.74, 6) is 0.222. The molecule has 0 amide bonds. The van der Waals surface area contributed by atoms with Gasteiger partial charge in [-0.05, 0) is 24.3 Å². The lowest BCUT2D eigenvalue weighted by atomic mass is 10.2. The molecule has 1 fully saturated rings. The van der Waals surface area contributed by atoms with E-state index in [1.165, 1.54) is 15.6 Å². The molecule has 0 bridgehead atoms. The molecule has 1 saturated heterocycles. The predicted octanol–water partition coefficient (Wildman–Crippen LogP) is 2.29. The third kappa shape index (κ3) is 2.88. The van der Waals surface area contributed by atoms with Gasteiger partial charge in [-0.3, -0.25) is 0 Å². The minimum atomic E-state index is -3.45. The highest BCUT2D eigenvalue weighted by Gasteiger charge is 2.28. The van der Waals surface area contributed by atoms with E-state index in [9.17, 15) is 8.42 Å². The highest BCUT2D eigenvalue weighted by Crippen LogP contribution is 2.26. The van der Waals surface area contributed by atoms with Gasteiger partial charge in [-0.2, -0.15) is 4.31 Å². The van der Waals surface area contributed by atoms with Crippen LogP contribution in [0.4, 0.5) is 0 Å². The van der Waals surface area contributed by atoms with Gasteiger partial charge in [0, 0.05) is 25.1 Å². The van der Waals surface area contributed by atoms with Crippen LogP contribution in [0.25, 0.3) is 0 Å². The zero-order valence-corrected chi connectivity index (χ0v) is 12.5. The molecular formula is C11H16ClNO3S2. The highest BCUT2D eigenvalue weighted by molar-refractivity contribution is 7.89. The minimum Gasteiger partial charge on any atom is -0.377 e. The van der Waals surface area contributed by atoms with Gasteiger partial charge < -0.3 is 4.74 Å². The molecule has 1 aliphatic rings. The van der Waals surface area contributed by atoms with E-state index in [0.29, 0.717) is 16.3 Å². The van der Waals surface area contributed by atoms with Crippen LogP contribution in [0.3, 0.4) is 0 Å². The van der Waals surface area contributed by atoms with Gasteiger partial charge in [0.05, 0.1) is 16.9 Å². The number of likely N-dealkylation sites (N-methyl/N-ethyl adjacent to an activating group) is 1. The zero-order chi connectivity index (χ0) is 13.2. The Morgan fingerprint density at radius 2 is 2.39 bits per heavy atom. The summed E-state index contributed by atoms with van der Waals surface area (Å²) in [5.41, 5.74) is 0. The molecule has 18 heavy (non-hydrogen) atoms. The summed E-state index contributed by atoms with van der Waals surface area (Å²) in [6.45, 7) is 1.13. The first-order chi connectivity index (χ1) is 8.55. The van der Waals surface area contributed by atoms with Crippen molar-refractivity contribution in [2.75, 3.05) is 20.2 Å². The van der Waals surface area contributed by atoms with E-state index in [2.05, 4.69) is 0 Å². The van der Waals surface area contributed by atoms with Crippen molar-refractivity contribution >= 4 is 33.0 Å². The fourth-order valence-corrected chi connectivity index (χ4v) is 4.87. The molecule has 1 aliphatic heterocycles. The van der Waals surface area contributed by atoms with Crippen molar-refractivity contribution in [3.05, 3.63) is 16.3 Å². The van der Waals surface area contributed by atoms with Crippen molar-refractivity contribution in [3.8, 4) is 0 Å². The summed E-state index contributed by atoms with van der Waals surface area (Å²) in [6, 6.07) is 1.61. The lowest BCUT2D eigenvalue weighted by Gasteiger charge is -2.20. The number of ether oxygens (including phenoxy) is 1. The largest absolute Gasteiger partial charge is 0.377 e. The molecule has 1 aromatic heterocycles. The third-order valence-electron chi connectivity index (χ3n) is 3.00. The molecule has 1 unspecified atom stereocenters. The maximum Gasteiger partial charge on any atom is 0.244 e. The normalized spacial score (nSPS) is 20.7. The molecule has 0 N–H and O–H groups in total. The Kier molecular flexibility index (Phi) is 4.66. The van der Waals surface area contributed by atoms with E-state index in [1.807, 2.05) is 0 Å². The maximum atomic E-state index is 12.4. The number of halogens is 1. The van der Waals surface area contributed by atoms with Crippen molar-refractivity contribution in [2.24, 2.45) is 0 Å². The lowest BCUT2D eigenvalue weighted by molar-refractivity contribution is 0.0979. The van der Waals surface area contributed by atoms with E-state index in [0.717, 1.165) is 19.4 Å². The second-order valence-electron chi connectivity index (χ2n) is 4.26. The Balaban J connectivity index is 2.14. The number of thiophene rings is 1. The average Bonchev–Trinajstić information content (AvgIpc) is 2.98. The van der Waals surface area contributed by atoms with Gasteiger partial charge in [0.25, 0.3) is 0 Å². The van der Waals surface area contributed by atoms with Gasteiger partial charge in [0.1, 0.15) is 0 Å². The molecule has 0 saturated carbocycles. The van der Waals surface area contributed by atoms with Gasteiger partial charge in [-0.1, -0.05) is 0 Å². The van der Waals surface area contributed by atoms with Crippen LogP contribution < -0.4 is 0 Å². The smallest absolute Gasteiger partial charge is 0.244 e. The Bertz CT molecular complexity index is 494. The Morgan fingerprint density at radius 1 is 1.61 bits per heavy atom. The zero-order valence-electron chi connectivity index (χ0n) is 10.1. The summed E-state index contributed by atoms with van der Waals surface area (Å²) in [6.07, 6.45) is 1.94. The summed E-state index contributed by atoms with van der Waals surface area (Å²) >= 11 is 7.12. The van der Waals surface area contributed by atoms with Crippen LogP contribution >= 0.6 is 22.9 Å². The second-order valence-corrected chi connectivity index (χ2v) is 7.54. The molecule has 0 radical (unpaired) electrons. The summed E-state index contributed by atoms with van der Waals surface area (Å²) in [7, 11) is -1.86. The number of hydrogen-bond acceptors (Lipinski definition) is 4. The second kappa shape index (κ2) is 5.88. The van der Waals surface area contributed by atoms with E-state index in [4.69, 9.17) is 16.3 Å². The first-order valence-electron chi connectivity index (χ1n) is 5.76. The molecule has 1 aromatic rings. The van der Waals surface area contributed by atoms with E-state index in [-0.39, 0.29) is 12.0 Å². The van der Waals surface area contributed by atoms with Crippen LogP contribution in [-0.4, -0.2) is 39.0 Å². The number of alkyl halides is 1. The fourth-order valence-electron chi connectivity index (χ4n) is 2.00. The van der Waals surface area contributed by atoms with Crippen LogP contribution in [0.2, 0.25) is 0 Å². The molecule has 0 spiro atoms. The first kappa shape index (κ1) is 14.3. The Morgan fingerprint density at radius 3 is 3.00 bits per heavy atom. The lowest BCUT2D eigenvalue weighted by Crippen LogP contribution is -2.34. The van der Waals surface area contributed by atoms with Crippen LogP contribution in [0.15, 0.2) is 16.3 Å².